The van der Waals surface area contributed by atoms with E-state index in [1.54, 1.807) is 0 Å². The maximum absolute atomic E-state index is 6.12. The zero-order valence-electron chi connectivity index (χ0n) is 85.7. The molecule has 0 radical (unpaired) electrons. The van der Waals surface area contributed by atoms with Crippen molar-refractivity contribution in [2.24, 2.45) is 35.5 Å². The first-order chi connectivity index (χ1) is 68.1. The smallest absolute Gasteiger partial charge is 0.126 e. The summed E-state index contributed by atoms with van der Waals surface area (Å²) in [5.41, 5.74) is 10.1. The topological polar surface area (TPSA) is 213 Å². The summed E-state index contributed by atoms with van der Waals surface area (Å²) in [6.45, 7) is 38.1. The molecule has 758 valence electrons. The first-order valence-electron chi connectivity index (χ1n) is 55.1. The second kappa shape index (κ2) is 42.3. The van der Waals surface area contributed by atoms with Crippen LogP contribution in [-0.2, 0) is 0 Å². The Morgan fingerprint density at radius 2 is 0.421 bits per heavy atom. The maximum atomic E-state index is 6.12. The van der Waals surface area contributed by atoms with Gasteiger partial charge in [0.05, 0.1) is 84.5 Å². The number of hydrogen-bond donors (Lipinski definition) is 7. The monoisotopic (exact) mass is 1910 g/mol. The van der Waals surface area contributed by atoms with E-state index in [-0.39, 0.29) is 44.9 Å². The normalized spacial score (nSPS) is 31.5. The molecule has 27 rings (SSSR count). The molecule has 21 heteroatoms. The molecule has 14 heterocycles. The fraction of sp³-hybridized carbons (Fsp3) is 0.647. The summed E-state index contributed by atoms with van der Waals surface area (Å²) in [6, 6.07) is 44.6. The Bertz CT molecular complexity index is 5380. The van der Waals surface area contributed by atoms with Crippen molar-refractivity contribution in [2.45, 2.75) is 322 Å². The zero-order valence-corrected chi connectivity index (χ0v) is 85.7. The number of benzene rings is 7. The van der Waals surface area contributed by atoms with Crippen molar-refractivity contribution < 1.29 is 66.3 Å². The largest absolute Gasteiger partial charge is 0.493 e. The van der Waals surface area contributed by atoms with E-state index in [1.165, 1.54) is 212 Å². The standard InChI is InChI=1S/2C19H27NO2.2C17H23NO2.2C16H21NO2.C15H21NO2/c1-19-13-22-18-8-7-15(11-16(18)17(19)9-10-20-19)21-12-14-5-3-2-4-6-14;1-19-13-22-18-11-15(21-12-14-5-3-2-4-6-14)7-8-16(18)17(19)9-10-20-19;1-17-11-20-16-6-5-13(19-10-12-3-2-4-12)9-14(16)15(17)7-8-18-17;1-17-11-20-16-9-13(19-10-12-3-2-4-12)5-6-14(16)15(17)7-8-18-17;1-16-10-19-15-5-4-12(18-9-11-2-3-11)8-13(15)14(16)6-7-17-16;1-16-10-19-15-8-12(18-9-11-2-3-11)4-5-13(15)14(16)6-7-17-16;1-10(2)18-11-4-5-12-13-6-7-16-15(13,3)9-17-14(12)8-11/h2*7-8,11,14,17,20H,2-6,9-10,12-13H2,1H3;2*5-6,9,12,15,18H,2-4,7-8,10-11H2,1H3;2*4-5,8,11,14,17H,2-3,6-7,9-10H2,1H3;4-5,8,10,13,16H,6-7,9H2,1-3H3/t2*17-,19+;2*15-,17+;2*14-,16+;13-,15+/m0000000/s1. The van der Waals surface area contributed by atoms with E-state index in [0.717, 1.165) is 248 Å². The van der Waals surface area contributed by atoms with Gasteiger partial charge in [-0.3, -0.25) is 0 Å². The molecule has 20 aliphatic rings. The molecule has 7 N–H and O–H groups in total. The van der Waals surface area contributed by atoms with Crippen LogP contribution in [0.4, 0.5) is 0 Å². The third-order valence-corrected chi connectivity index (χ3v) is 35.9. The lowest BCUT2D eigenvalue weighted by Crippen LogP contribution is -2.48. The molecule has 14 atom stereocenters. The summed E-state index contributed by atoms with van der Waals surface area (Å²) in [7, 11) is 0. The van der Waals surface area contributed by atoms with Crippen molar-refractivity contribution in [2.75, 3.05) is 132 Å². The Labute approximate surface area is 834 Å². The minimum absolute atomic E-state index is 0.0923. The van der Waals surface area contributed by atoms with E-state index >= 15 is 0 Å². The van der Waals surface area contributed by atoms with Crippen molar-refractivity contribution >= 4 is 0 Å². The first-order valence-corrected chi connectivity index (χ1v) is 55.1. The molecular weight excluding hydrogens is 1750 g/mol. The van der Waals surface area contributed by atoms with Gasteiger partial charge in [-0.05, 0) is 367 Å². The quantitative estimate of drug-likeness (QED) is 0.0378. The summed E-state index contributed by atoms with van der Waals surface area (Å²) >= 11 is 0. The zero-order chi connectivity index (χ0) is 95.6. The van der Waals surface area contributed by atoms with Gasteiger partial charge in [-0.15, -0.1) is 0 Å². The van der Waals surface area contributed by atoms with Crippen molar-refractivity contribution in [1.82, 2.24) is 37.2 Å². The lowest BCUT2D eigenvalue weighted by atomic mass is 9.80. The van der Waals surface area contributed by atoms with Gasteiger partial charge >= 0.3 is 0 Å². The second-order valence-corrected chi connectivity index (χ2v) is 47.2. The van der Waals surface area contributed by atoms with E-state index in [0.29, 0.717) is 41.4 Å². The summed E-state index contributed by atoms with van der Waals surface area (Å²) in [5, 5.41) is 25.1. The van der Waals surface area contributed by atoms with E-state index in [2.05, 4.69) is 201 Å². The number of rotatable bonds is 20. The summed E-state index contributed by atoms with van der Waals surface area (Å²) in [6.07, 6.45) is 35.6. The highest BCUT2D eigenvalue weighted by Gasteiger charge is 2.52. The molecule has 0 amide bonds. The van der Waals surface area contributed by atoms with Gasteiger partial charge in [0.15, 0.2) is 0 Å². The van der Waals surface area contributed by atoms with Gasteiger partial charge in [-0.1, -0.05) is 75.6 Å². The summed E-state index contributed by atoms with van der Waals surface area (Å²) in [5.74, 6) is 22.6. The SMILES string of the molecule is CC(C)Oc1ccc2c(c1)OC[C@@]1(C)NCC[C@@H]21.C[C@@]12COc3cc(OCC4CC4)ccc3[C@@H]1CCN2.C[C@@]12COc3cc(OCC4CCC4)ccc3[C@@H]1CCN2.C[C@@]12COc3cc(OCC4CCCCC4)ccc3[C@@H]1CCN2.C[C@@]12COc3ccc(OCC4CC4)cc3[C@@H]1CCN2.C[C@@]12COc3ccc(OCC4CCC4)cc3[C@@H]1CCN2.C[C@@]12COc3ccc(OCC4CCCCC4)cc3[C@@H]1CCN2. The Morgan fingerprint density at radius 1 is 0.221 bits per heavy atom. The van der Waals surface area contributed by atoms with Crippen LogP contribution in [-0.4, -0.2) is 177 Å². The van der Waals surface area contributed by atoms with Crippen molar-refractivity contribution in [3.05, 3.63) is 166 Å². The van der Waals surface area contributed by atoms with Crippen molar-refractivity contribution in [3.63, 3.8) is 0 Å². The highest BCUT2D eigenvalue weighted by Crippen LogP contribution is 2.54. The van der Waals surface area contributed by atoms with Crippen molar-refractivity contribution in [3.8, 4) is 80.5 Å². The van der Waals surface area contributed by atoms with E-state index in [9.17, 15) is 0 Å². The second-order valence-electron chi connectivity index (χ2n) is 47.2. The van der Waals surface area contributed by atoms with Gasteiger partial charge in [-0.25, -0.2) is 0 Å². The van der Waals surface area contributed by atoms with E-state index < -0.39 is 0 Å². The summed E-state index contributed by atoms with van der Waals surface area (Å²) in [4.78, 5) is 0. The predicted molar refractivity (Wildman–Crippen MR) is 552 cm³/mol. The van der Waals surface area contributed by atoms with E-state index in [4.69, 9.17) is 66.3 Å². The van der Waals surface area contributed by atoms with Gasteiger partial charge in [-0.2, -0.15) is 0 Å². The molecule has 7 aromatic carbocycles. The van der Waals surface area contributed by atoms with Crippen LogP contribution < -0.4 is 104 Å². The minimum Gasteiger partial charge on any atom is -0.493 e. The Kier molecular flexibility index (Phi) is 29.4. The van der Waals surface area contributed by atoms with Crippen LogP contribution in [0, 0.1) is 35.5 Å². The van der Waals surface area contributed by atoms with Crippen LogP contribution in [0.5, 0.6) is 80.5 Å². The molecule has 0 aromatic heterocycles. The average molecular weight is 1920 g/mol. The van der Waals surface area contributed by atoms with E-state index in [1.807, 2.05) is 26.0 Å². The minimum atomic E-state index is 0.0923. The third-order valence-electron chi connectivity index (χ3n) is 35.9. The Balaban J connectivity index is 0.0000000971. The Morgan fingerprint density at radius 3 is 0.650 bits per heavy atom. The lowest BCUT2D eigenvalue weighted by molar-refractivity contribution is 0.165. The molecule has 0 unspecified atom stereocenters. The number of ether oxygens (including phenoxy) is 14. The molecular formula is C119H163N7O14. The van der Waals surface area contributed by atoms with Crippen LogP contribution in [0.1, 0.15) is 316 Å². The van der Waals surface area contributed by atoms with Gasteiger partial charge in [0.1, 0.15) is 127 Å². The molecule has 7 aromatic rings. The summed E-state index contributed by atoms with van der Waals surface area (Å²) < 4.78 is 83.2. The molecule has 6 aliphatic carbocycles. The van der Waals surface area contributed by atoms with Gasteiger partial charge < -0.3 is 104 Å². The molecule has 13 fully saturated rings. The molecule has 14 aliphatic heterocycles. The molecule has 0 spiro atoms. The maximum Gasteiger partial charge on any atom is 0.126 e. The fourth-order valence-corrected chi connectivity index (χ4v) is 26.0. The number of hydrogen-bond acceptors (Lipinski definition) is 21. The molecule has 6 saturated carbocycles. The number of fused-ring (bicyclic) bond motifs is 21. The molecule has 140 heavy (non-hydrogen) atoms. The fourth-order valence-electron chi connectivity index (χ4n) is 26.0. The predicted octanol–water partition coefficient (Wildman–Crippen LogP) is 22.0. The van der Waals surface area contributed by atoms with Crippen LogP contribution >= 0.6 is 0 Å². The number of nitrogens with one attached hydrogen (secondary N) is 7. The molecule has 7 saturated heterocycles. The lowest BCUT2D eigenvalue weighted by Gasteiger charge is -2.37. The molecule has 21 nitrogen and oxygen atoms in total. The third kappa shape index (κ3) is 22.0. The average Bonchev–Trinajstić information content (AvgIpc) is 1.48. The van der Waals surface area contributed by atoms with Gasteiger partial charge in [0.25, 0.3) is 0 Å². The van der Waals surface area contributed by atoms with Crippen LogP contribution in [0.3, 0.4) is 0 Å². The van der Waals surface area contributed by atoms with Crippen molar-refractivity contribution in [1.29, 1.82) is 0 Å². The Hall–Kier alpha value is -8.54. The van der Waals surface area contributed by atoms with Gasteiger partial charge in [0, 0.05) is 82.4 Å². The first kappa shape index (κ1) is 97.5. The van der Waals surface area contributed by atoms with Gasteiger partial charge in [0.2, 0.25) is 0 Å². The highest BCUT2D eigenvalue weighted by molar-refractivity contribution is 5.54. The van der Waals surface area contributed by atoms with Crippen LogP contribution in [0.25, 0.3) is 0 Å². The van der Waals surface area contributed by atoms with Crippen LogP contribution in [0.15, 0.2) is 127 Å². The highest BCUT2D eigenvalue weighted by atomic mass is 16.5. The molecule has 0 bridgehead atoms. The van der Waals surface area contributed by atoms with Crippen LogP contribution in [0.2, 0.25) is 0 Å².